The summed E-state index contributed by atoms with van der Waals surface area (Å²) in [5.41, 5.74) is 21.6. The summed E-state index contributed by atoms with van der Waals surface area (Å²) in [5, 5.41) is 4.79. The minimum atomic E-state index is -0.192. The molecule has 0 heterocycles. The summed E-state index contributed by atoms with van der Waals surface area (Å²) < 4.78 is 0. The van der Waals surface area contributed by atoms with E-state index in [0.29, 0.717) is 0 Å². The average molecular weight is 897 g/mol. The van der Waals surface area contributed by atoms with Gasteiger partial charge >= 0.3 is 0 Å². The lowest BCUT2D eigenvalue weighted by molar-refractivity contribution is 0.660. The summed E-state index contributed by atoms with van der Waals surface area (Å²) >= 11 is 0. The first-order chi connectivity index (χ1) is 34.3. The molecule has 0 aromatic heterocycles. The first-order valence-corrected chi connectivity index (χ1v) is 24.6. The summed E-state index contributed by atoms with van der Waals surface area (Å²) in [6.07, 6.45) is 0. The molecular weight excluding hydrogens is 845 g/mol. The molecule has 0 bridgehead atoms. The van der Waals surface area contributed by atoms with E-state index in [0.717, 1.165) is 45.3 Å². The van der Waals surface area contributed by atoms with Gasteiger partial charge < -0.3 is 9.80 Å². The van der Waals surface area contributed by atoms with Gasteiger partial charge in [-0.1, -0.05) is 222 Å². The summed E-state index contributed by atoms with van der Waals surface area (Å²) in [4.78, 5) is 5.08. The van der Waals surface area contributed by atoms with E-state index < -0.39 is 0 Å². The van der Waals surface area contributed by atoms with Crippen LogP contribution in [-0.4, -0.2) is 0 Å². The highest BCUT2D eigenvalue weighted by molar-refractivity contribution is 6.17. The van der Waals surface area contributed by atoms with Crippen LogP contribution >= 0.6 is 0 Å². The van der Waals surface area contributed by atoms with Crippen LogP contribution in [0.4, 0.5) is 34.1 Å². The second-order valence-electron chi connectivity index (χ2n) is 20.1. The van der Waals surface area contributed by atoms with Crippen LogP contribution in [0.25, 0.3) is 66.1 Å². The molecule has 0 amide bonds. The normalized spacial score (nSPS) is 13.7. The Morgan fingerprint density at radius 1 is 0.271 bits per heavy atom. The largest absolute Gasteiger partial charge is 0.310 e. The van der Waals surface area contributed by atoms with Crippen LogP contribution in [0.1, 0.15) is 49.9 Å². The zero-order valence-electron chi connectivity index (χ0n) is 40.0. The van der Waals surface area contributed by atoms with Crippen molar-refractivity contribution in [2.24, 2.45) is 0 Å². The molecule has 70 heavy (non-hydrogen) atoms. The second-order valence-corrected chi connectivity index (χ2v) is 20.1. The molecule has 2 heteroatoms. The Balaban J connectivity index is 1.13. The molecule has 0 spiro atoms. The van der Waals surface area contributed by atoms with E-state index in [1.807, 2.05) is 0 Å². The molecule has 0 saturated carbocycles. The Morgan fingerprint density at radius 3 is 1.27 bits per heavy atom. The highest BCUT2D eigenvalue weighted by atomic mass is 15.2. The maximum atomic E-state index is 2.56. The van der Waals surface area contributed by atoms with Crippen molar-refractivity contribution >= 4 is 55.7 Å². The zero-order chi connectivity index (χ0) is 47.1. The SMILES string of the molecule is CC1(C)c2ccccc2-c2ccc(N(c3cc(N(c4ccc5c(c4)C(C)(C)c4ccccc4-5)c4ccccc4-c4ccccc4)c4c(ccc5ccccc54)c3)c3ccccc3-c3ccccc3)cc21. The molecule has 0 radical (unpaired) electrons. The van der Waals surface area contributed by atoms with Gasteiger partial charge in [-0.25, -0.2) is 0 Å². The van der Waals surface area contributed by atoms with E-state index in [9.17, 15) is 0 Å². The van der Waals surface area contributed by atoms with Gasteiger partial charge in [0.1, 0.15) is 0 Å². The minimum Gasteiger partial charge on any atom is -0.310 e. The maximum absolute atomic E-state index is 2.56. The van der Waals surface area contributed by atoms with Crippen molar-refractivity contribution in [3.8, 4) is 44.5 Å². The minimum absolute atomic E-state index is 0.182. The van der Waals surface area contributed by atoms with Crippen LogP contribution < -0.4 is 9.80 Å². The lowest BCUT2D eigenvalue weighted by atomic mass is 9.82. The number of hydrogen-bond acceptors (Lipinski definition) is 2. The van der Waals surface area contributed by atoms with E-state index in [1.165, 1.54) is 77.2 Å². The van der Waals surface area contributed by atoms with Crippen molar-refractivity contribution in [2.45, 2.75) is 38.5 Å². The number of anilines is 6. The molecule has 0 aliphatic heterocycles. The van der Waals surface area contributed by atoms with Crippen LogP contribution in [0.5, 0.6) is 0 Å². The lowest BCUT2D eigenvalue weighted by Gasteiger charge is -2.34. The number of fused-ring (bicyclic) bond motifs is 9. The average Bonchev–Trinajstić information content (AvgIpc) is 3.78. The van der Waals surface area contributed by atoms with Crippen molar-refractivity contribution in [1.29, 1.82) is 0 Å². The highest BCUT2D eigenvalue weighted by Gasteiger charge is 2.38. The molecule has 2 aliphatic carbocycles. The molecule has 13 rings (SSSR count). The first kappa shape index (κ1) is 41.7. The van der Waals surface area contributed by atoms with Gasteiger partial charge in [0.25, 0.3) is 0 Å². The summed E-state index contributed by atoms with van der Waals surface area (Å²) in [7, 11) is 0. The summed E-state index contributed by atoms with van der Waals surface area (Å²) in [6, 6.07) is 90.2. The summed E-state index contributed by atoms with van der Waals surface area (Å²) in [6.45, 7) is 9.51. The Hall–Kier alpha value is -8.46. The third-order valence-electron chi connectivity index (χ3n) is 15.4. The van der Waals surface area contributed by atoms with Crippen molar-refractivity contribution in [3.63, 3.8) is 0 Å². The van der Waals surface area contributed by atoms with Gasteiger partial charge in [-0.2, -0.15) is 0 Å². The molecule has 334 valence electrons. The van der Waals surface area contributed by atoms with Gasteiger partial charge in [0, 0.05) is 44.4 Å². The maximum Gasteiger partial charge on any atom is 0.0567 e. The Labute approximate surface area is 411 Å². The topological polar surface area (TPSA) is 6.48 Å². The van der Waals surface area contributed by atoms with Gasteiger partial charge in [-0.3, -0.25) is 0 Å². The fourth-order valence-electron chi connectivity index (χ4n) is 12.0. The van der Waals surface area contributed by atoms with Crippen molar-refractivity contribution in [3.05, 3.63) is 265 Å². The standard InChI is InChI=1S/C68H52N2/c1-67(2)59-31-17-13-29-55(59)57-39-37-49(42-61(57)67)69(63-33-19-15-26-52(63)45-21-7-5-8-22-45)51-41-48-36-35-47-25-11-12-28-54(47)66(48)65(44-51)70(64-34-20-16-27-53(64)46-23-9-6-10-24-46)50-38-40-58-56-30-14-18-32-60(56)68(3,4)62(58)43-50/h5-44H,1-4H3. The number of rotatable bonds is 8. The molecule has 0 saturated heterocycles. The van der Waals surface area contributed by atoms with Crippen LogP contribution in [-0.2, 0) is 10.8 Å². The molecule has 0 N–H and O–H groups in total. The molecule has 11 aromatic rings. The Kier molecular flexibility index (Phi) is 9.58. The zero-order valence-corrected chi connectivity index (χ0v) is 40.0. The summed E-state index contributed by atoms with van der Waals surface area (Å²) in [5.74, 6) is 0. The van der Waals surface area contributed by atoms with Crippen LogP contribution in [0.2, 0.25) is 0 Å². The molecule has 0 atom stereocenters. The molecule has 2 nitrogen and oxygen atoms in total. The third-order valence-corrected chi connectivity index (χ3v) is 15.4. The number of nitrogens with zero attached hydrogens (tertiary/aromatic N) is 2. The molecular formula is C68H52N2. The highest BCUT2D eigenvalue weighted by Crippen LogP contribution is 2.55. The smallest absolute Gasteiger partial charge is 0.0567 e. The molecule has 0 fully saturated rings. The van der Waals surface area contributed by atoms with Gasteiger partial charge in [0.2, 0.25) is 0 Å². The van der Waals surface area contributed by atoms with Crippen LogP contribution in [0.15, 0.2) is 243 Å². The van der Waals surface area contributed by atoms with Gasteiger partial charge in [0.05, 0.1) is 17.1 Å². The fourth-order valence-corrected chi connectivity index (χ4v) is 12.0. The number of hydrogen-bond donors (Lipinski definition) is 0. The quantitative estimate of drug-likeness (QED) is 0.140. The van der Waals surface area contributed by atoms with Crippen molar-refractivity contribution in [1.82, 2.24) is 0 Å². The first-order valence-electron chi connectivity index (χ1n) is 24.6. The molecule has 2 aliphatic rings. The van der Waals surface area contributed by atoms with Gasteiger partial charge in [0.15, 0.2) is 0 Å². The predicted molar refractivity (Wildman–Crippen MR) is 297 cm³/mol. The predicted octanol–water partition coefficient (Wildman–Crippen LogP) is 18.9. The Morgan fingerprint density at radius 2 is 0.700 bits per heavy atom. The lowest BCUT2D eigenvalue weighted by Crippen LogP contribution is -2.18. The van der Waals surface area contributed by atoms with Crippen molar-refractivity contribution in [2.75, 3.05) is 9.80 Å². The van der Waals surface area contributed by atoms with E-state index in [1.54, 1.807) is 0 Å². The fraction of sp³-hybridized carbons (Fsp3) is 0.0882. The van der Waals surface area contributed by atoms with E-state index >= 15 is 0 Å². The monoisotopic (exact) mass is 896 g/mol. The molecule has 11 aromatic carbocycles. The van der Waals surface area contributed by atoms with E-state index in [4.69, 9.17) is 0 Å². The van der Waals surface area contributed by atoms with E-state index in [2.05, 4.69) is 280 Å². The number of para-hydroxylation sites is 2. The number of benzene rings is 11. The van der Waals surface area contributed by atoms with Crippen LogP contribution in [0.3, 0.4) is 0 Å². The van der Waals surface area contributed by atoms with Crippen molar-refractivity contribution < 1.29 is 0 Å². The van der Waals surface area contributed by atoms with E-state index in [-0.39, 0.29) is 10.8 Å². The van der Waals surface area contributed by atoms with Gasteiger partial charge in [-0.15, -0.1) is 0 Å². The molecule has 0 unspecified atom stereocenters. The van der Waals surface area contributed by atoms with Gasteiger partial charge in [-0.05, 0) is 120 Å². The third kappa shape index (κ3) is 6.47. The second kappa shape index (κ2) is 16.1. The Bertz CT molecular complexity index is 3840. The van der Waals surface area contributed by atoms with Crippen LogP contribution in [0, 0.1) is 0 Å².